The van der Waals surface area contributed by atoms with Crippen LogP contribution in [0, 0.1) is 13.8 Å². The lowest BCUT2D eigenvalue weighted by atomic mass is 10.1. The molecule has 43 heavy (non-hydrogen) atoms. The lowest BCUT2D eigenvalue weighted by Gasteiger charge is -2.12. The maximum absolute atomic E-state index is 11.0. The molecular weight excluding hydrogens is 530 g/mol. The third kappa shape index (κ3) is 4.17. The number of benzene rings is 5. The zero-order chi connectivity index (χ0) is 29.1. The summed E-state index contributed by atoms with van der Waals surface area (Å²) < 4.78 is 8.61. The Morgan fingerprint density at radius 2 is 1.51 bits per heavy atom. The van der Waals surface area contributed by atoms with E-state index in [1.807, 2.05) is 66.9 Å². The fraction of sp³-hybridized carbons (Fsp3) is 0.0526. The fourth-order valence-electron chi connectivity index (χ4n) is 6.16. The molecule has 5 heteroatoms. The molecule has 0 aliphatic rings. The van der Waals surface area contributed by atoms with Gasteiger partial charge in [-0.2, -0.15) is 0 Å². The Kier molecular flexibility index (Phi) is 5.66. The highest BCUT2D eigenvalue weighted by molar-refractivity contribution is 6.11. The molecule has 3 aromatic heterocycles. The van der Waals surface area contributed by atoms with E-state index in [-0.39, 0.29) is 5.75 Å². The van der Waals surface area contributed by atoms with Crippen LogP contribution in [-0.2, 0) is 0 Å². The van der Waals surface area contributed by atoms with Gasteiger partial charge < -0.3 is 9.84 Å². The summed E-state index contributed by atoms with van der Waals surface area (Å²) in [6.07, 6.45) is 1.87. The highest BCUT2D eigenvalue weighted by Crippen LogP contribution is 2.39. The van der Waals surface area contributed by atoms with Gasteiger partial charge in [-0.1, -0.05) is 66.7 Å². The van der Waals surface area contributed by atoms with E-state index in [2.05, 4.69) is 73.0 Å². The summed E-state index contributed by atoms with van der Waals surface area (Å²) >= 11 is 0. The monoisotopic (exact) mass is 557 g/mol. The zero-order valence-corrected chi connectivity index (χ0v) is 23.7. The van der Waals surface area contributed by atoms with E-state index >= 15 is 0 Å². The Labute approximate surface area is 248 Å². The van der Waals surface area contributed by atoms with Crippen molar-refractivity contribution in [2.45, 2.75) is 13.8 Å². The van der Waals surface area contributed by atoms with Crippen molar-refractivity contribution in [1.82, 2.24) is 14.5 Å². The molecule has 8 rings (SSSR count). The number of aryl methyl sites for hydroxylation is 2. The van der Waals surface area contributed by atoms with Crippen molar-refractivity contribution in [2.75, 3.05) is 0 Å². The van der Waals surface area contributed by atoms with Crippen molar-refractivity contribution in [3.8, 4) is 34.3 Å². The largest absolute Gasteiger partial charge is 0.505 e. The number of aromatic hydroxyl groups is 1. The van der Waals surface area contributed by atoms with E-state index in [4.69, 9.17) is 14.7 Å². The van der Waals surface area contributed by atoms with Crippen LogP contribution in [-0.4, -0.2) is 19.6 Å². The number of ether oxygens (including phenoxy) is 1. The summed E-state index contributed by atoms with van der Waals surface area (Å²) in [5.41, 5.74) is 7.12. The van der Waals surface area contributed by atoms with E-state index in [9.17, 15) is 5.11 Å². The smallest absolute Gasteiger partial charge is 0.219 e. The number of phenols is 1. The summed E-state index contributed by atoms with van der Waals surface area (Å²) in [5, 5.41) is 15.9. The Balaban J connectivity index is 1.30. The van der Waals surface area contributed by atoms with Crippen molar-refractivity contribution in [1.29, 1.82) is 0 Å². The van der Waals surface area contributed by atoms with Gasteiger partial charge in [-0.05, 0) is 77.9 Å². The Hall–Kier alpha value is -5.68. The van der Waals surface area contributed by atoms with Crippen molar-refractivity contribution >= 4 is 43.5 Å². The molecule has 0 radical (unpaired) electrons. The van der Waals surface area contributed by atoms with Crippen LogP contribution in [0.2, 0.25) is 0 Å². The number of hydrogen-bond acceptors (Lipinski definition) is 4. The van der Waals surface area contributed by atoms with Crippen LogP contribution in [0.3, 0.4) is 0 Å². The predicted octanol–water partition coefficient (Wildman–Crippen LogP) is 9.66. The number of hydrogen-bond donors (Lipinski definition) is 1. The summed E-state index contributed by atoms with van der Waals surface area (Å²) in [5.74, 6) is 2.07. The highest BCUT2D eigenvalue weighted by Gasteiger charge is 2.18. The predicted molar refractivity (Wildman–Crippen MR) is 174 cm³/mol. The lowest BCUT2D eigenvalue weighted by Crippen LogP contribution is -1.98. The number of fused-ring (bicyclic) bond motifs is 5. The number of nitrogens with zero attached hydrogens (tertiary/aromatic N) is 3. The molecule has 0 amide bonds. The quantitative estimate of drug-likeness (QED) is 0.219. The Morgan fingerprint density at radius 3 is 2.40 bits per heavy atom. The topological polar surface area (TPSA) is 60.2 Å². The average Bonchev–Trinajstić information content (AvgIpc) is 3.35. The first kappa shape index (κ1) is 25.1. The lowest BCUT2D eigenvalue weighted by molar-refractivity contribution is 0.461. The van der Waals surface area contributed by atoms with Gasteiger partial charge >= 0.3 is 0 Å². The van der Waals surface area contributed by atoms with Crippen LogP contribution < -0.4 is 4.74 Å². The second kappa shape index (κ2) is 9.71. The van der Waals surface area contributed by atoms with Crippen LogP contribution in [0.4, 0.5) is 0 Å². The zero-order valence-electron chi connectivity index (χ0n) is 23.7. The van der Waals surface area contributed by atoms with Gasteiger partial charge in [0.05, 0.1) is 11.0 Å². The second-order valence-electron chi connectivity index (χ2n) is 11.0. The first-order chi connectivity index (χ1) is 21.0. The number of aromatic nitrogens is 3. The minimum absolute atomic E-state index is 0.157. The standard InChI is InChI=1S/C38H27N3O2/c1-23-12-14-31-32(18-23)41(34-21-26(16-17-39-34)25-8-4-3-5-9-25)33-22-29(19-24(2)36(31)33)43-35-15-13-28-20-27-10-6-7-11-30(27)38(42)37(28)40-35/h3-22,42H,1-2H3. The summed E-state index contributed by atoms with van der Waals surface area (Å²) in [4.78, 5) is 9.55. The molecule has 0 bridgehead atoms. The molecule has 0 spiro atoms. The molecule has 0 saturated heterocycles. The SMILES string of the molecule is Cc1ccc2c3c(C)cc(Oc4ccc5cc6ccccc6c(O)c5n4)cc3n(-c3cc(-c4ccccc4)ccn3)c2c1. The van der Waals surface area contributed by atoms with Gasteiger partial charge in [0, 0.05) is 39.9 Å². The van der Waals surface area contributed by atoms with Crippen molar-refractivity contribution in [3.63, 3.8) is 0 Å². The van der Waals surface area contributed by atoms with Gasteiger partial charge in [0.25, 0.3) is 0 Å². The average molecular weight is 558 g/mol. The Morgan fingerprint density at radius 1 is 0.674 bits per heavy atom. The van der Waals surface area contributed by atoms with Crippen LogP contribution in [0.1, 0.15) is 11.1 Å². The molecule has 0 fully saturated rings. The molecule has 0 atom stereocenters. The van der Waals surface area contributed by atoms with E-state index in [0.29, 0.717) is 17.1 Å². The summed E-state index contributed by atoms with van der Waals surface area (Å²) in [6, 6.07) is 38.8. The molecule has 206 valence electrons. The molecule has 0 aliphatic carbocycles. The van der Waals surface area contributed by atoms with Crippen LogP contribution >= 0.6 is 0 Å². The summed E-state index contributed by atoms with van der Waals surface area (Å²) in [6.45, 7) is 4.22. The van der Waals surface area contributed by atoms with Crippen LogP contribution in [0.5, 0.6) is 17.4 Å². The normalized spacial score (nSPS) is 11.6. The molecule has 0 unspecified atom stereocenters. The van der Waals surface area contributed by atoms with E-state index in [0.717, 1.165) is 60.5 Å². The van der Waals surface area contributed by atoms with Gasteiger partial charge in [0.15, 0.2) is 0 Å². The third-order valence-electron chi connectivity index (χ3n) is 8.15. The second-order valence-corrected chi connectivity index (χ2v) is 11.0. The summed E-state index contributed by atoms with van der Waals surface area (Å²) in [7, 11) is 0. The van der Waals surface area contributed by atoms with Crippen molar-refractivity contribution in [3.05, 3.63) is 133 Å². The molecular formula is C38H27N3O2. The van der Waals surface area contributed by atoms with Crippen LogP contribution in [0.15, 0.2) is 121 Å². The maximum Gasteiger partial charge on any atom is 0.219 e. The van der Waals surface area contributed by atoms with Gasteiger partial charge in [-0.3, -0.25) is 4.57 Å². The van der Waals surface area contributed by atoms with Crippen molar-refractivity contribution in [2.24, 2.45) is 0 Å². The van der Waals surface area contributed by atoms with Crippen LogP contribution in [0.25, 0.3) is 60.4 Å². The molecule has 0 saturated carbocycles. The minimum atomic E-state index is 0.157. The van der Waals surface area contributed by atoms with Gasteiger partial charge in [0.1, 0.15) is 22.8 Å². The minimum Gasteiger partial charge on any atom is -0.505 e. The maximum atomic E-state index is 11.0. The first-order valence-corrected chi connectivity index (χ1v) is 14.3. The van der Waals surface area contributed by atoms with Gasteiger partial charge in [-0.25, -0.2) is 9.97 Å². The van der Waals surface area contributed by atoms with E-state index < -0.39 is 0 Å². The van der Waals surface area contributed by atoms with E-state index in [1.165, 1.54) is 5.56 Å². The molecule has 3 heterocycles. The third-order valence-corrected chi connectivity index (χ3v) is 8.15. The van der Waals surface area contributed by atoms with Gasteiger partial charge in [-0.15, -0.1) is 0 Å². The highest BCUT2D eigenvalue weighted by atomic mass is 16.5. The molecule has 0 aliphatic heterocycles. The number of phenolic OH excluding ortho intramolecular Hbond substituents is 1. The van der Waals surface area contributed by atoms with Crippen molar-refractivity contribution < 1.29 is 9.84 Å². The molecule has 8 aromatic rings. The molecule has 5 aromatic carbocycles. The fourth-order valence-corrected chi connectivity index (χ4v) is 6.16. The number of pyridine rings is 2. The Bertz CT molecular complexity index is 2360. The molecule has 1 N–H and O–H groups in total. The van der Waals surface area contributed by atoms with E-state index in [1.54, 1.807) is 0 Å². The van der Waals surface area contributed by atoms with Gasteiger partial charge in [0.2, 0.25) is 5.88 Å². The first-order valence-electron chi connectivity index (χ1n) is 14.3. The molecule has 5 nitrogen and oxygen atoms in total. The number of rotatable bonds is 4.